The Morgan fingerprint density at radius 2 is 2.06 bits per heavy atom. The summed E-state index contributed by atoms with van der Waals surface area (Å²) in [5.74, 6) is 0.900. The second kappa shape index (κ2) is 6.40. The van der Waals surface area contributed by atoms with Crippen molar-refractivity contribution in [3.8, 4) is 0 Å². The molecule has 0 aliphatic rings. The van der Waals surface area contributed by atoms with Crippen LogP contribution in [-0.2, 0) is 12.2 Å². The van der Waals surface area contributed by atoms with Gasteiger partial charge < -0.3 is 5.73 Å². The molecule has 2 nitrogen and oxygen atoms in total. The number of halogens is 1. The zero-order valence-electron chi connectivity index (χ0n) is 9.23. The fourth-order valence-electron chi connectivity index (χ4n) is 1.35. The highest BCUT2D eigenvalue weighted by molar-refractivity contribution is 7.98. The molecule has 90 valence electrons. The summed E-state index contributed by atoms with van der Waals surface area (Å²) in [6.45, 7) is 0.660. The second-order valence-corrected chi connectivity index (χ2v) is 5.94. The minimum Gasteiger partial charge on any atom is -0.330 e. The van der Waals surface area contributed by atoms with Crippen molar-refractivity contribution in [2.45, 2.75) is 17.1 Å². The smallest absolute Gasteiger partial charge is 0.103 e. The first-order valence-corrected chi connectivity index (χ1v) is 7.54. The molecule has 1 aromatic carbocycles. The fraction of sp³-hybridized carbons (Fsp3) is 0.250. The summed E-state index contributed by atoms with van der Waals surface area (Å²) < 4.78 is 0. The minimum absolute atomic E-state index is 0.660. The standard InChI is InChI=1S/C12H13ClN2S2/c13-9-1-3-11(4-2-9)16-8-12-15-10(5-6-14)7-17-12/h1-4,7H,5-6,8,14H2. The largest absolute Gasteiger partial charge is 0.330 e. The fourth-order valence-corrected chi connectivity index (χ4v) is 3.22. The molecule has 0 bridgehead atoms. The van der Waals surface area contributed by atoms with Gasteiger partial charge in [-0.25, -0.2) is 4.98 Å². The molecule has 0 atom stereocenters. The molecular weight excluding hydrogens is 272 g/mol. The van der Waals surface area contributed by atoms with E-state index in [4.69, 9.17) is 17.3 Å². The molecular formula is C12H13ClN2S2. The number of thioether (sulfide) groups is 1. The second-order valence-electron chi connectivity index (χ2n) is 3.51. The molecule has 2 aromatic rings. The molecule has 0 fully saturated rings. The summed E-state index contributed by atoms with van der Waals surface area (Å²) in [4.78, 5) is 5.74. The quantitative estimate of drug-likeness (QED) is 0.853. The van der Waals surface area contributed by atoms with Crippen LogP contribution in [0.1, 0.15) is 10.7 Å². The van der Waals surface area contributed by atoms with Crippen LogP contribution in [0.25, 0.3) is 0 Å². The molecule has 0 amide bonds. The summed E-state index contributed by atoms with van der Waals surface area (Å²) in [7, 11) is 0. The van der Waals surface area contributed by atoms with Crippen LogP contribution >= 0.6 is 34.7 Å². The van der Waals surface area contributed by atoms with Crippen molar-refractivity contribution in [2.75, 3.05) is 6.54 Å². The van der Waals surface area contributed by atoms with E-state index in [0.717, 1.165) is 27.9 Å². The van der Waals surface area contributed by atoms with E-state index in [1.807, 2.05) is 24.3 Å². The molecule has 0 unspecified atom stereocenters. The van der Waals surface area contributed by atoms with E-state index in [0.29, 0.717) is 6.54 Å². The lowest BCUT2D eigenvalue weighted by molar-refractivity contribution is 0.928. The maximum absolute atomic E-state index is 5.84. The van der Waals surface area contributed by atoms with Crippen molar-refractivity contribution >= 4 is 34.7 Å². The highest BCUT2D eigenvalue weighted by Gasteiger charge is 2.02. The molecule has 0 aliphatic heterocycles. The number of rotatable bonds is 5. The zero-order valence-corrected chi connectivity index (χ0v) is 11.6. The van der Waals surface area contributed by atoms with Gasteiger partial charge in [0.15, 0.2) is 0 Å². The summed E-state index contributed by atoms with van der Waals surface area (Å²) >= 11 is 9.31. The van der Waals surface area contributed by atoms with Crippen LogP contribution in [0.15, 0.2) is 34.5 Å². The average Bonchev–Trinajstić information content (AvgIpc) is 2.77. The van der Waals surface area contributed by atoms with E-state index in [9.17, 15) is 0 Å². The van der Waals surface area contributed by atoms with Crippen molar-refractivity contribution in [1.82, 2.24) is 4.98 Å². The van der Waals surface area contributed by atoms with Crippen LogP contribution in [-0.4, -0.2) is 11.5 Å². The molecule has 2 N–H and O–H groups in total. The number of aromatic nitrogens is 1. The van der Waals surface area contributed by atoms with E-state index in [1.165, 1.54) is 4.90 Å². The van der Waals surface area contributed by atoms with E-state index in [-0.39, 0.29) is 0 Å². The van der Waals surface area contributed by atoms with Crippen molar-refractivity contribution in [2.24, 2.45) is 5.73 Å². The molecule has 5 heteroatoms. The van der Waals surface area contributed by atoms with Gasteiger partial charge in [-0.2, -0.15) is 0 Å². The number of benzene rings is 1. The number of nitrogens with two attached hydrogens (primary N) is 1. The number of hydrogen-bond donors (Lipinski definition) is 1. The molecule has 0 spiro atoms. The van der Waals surface area contributed by atoms with Gasteiger partial charge in [0, 0.05) is 21.7 Å². The van der Waals surface area contributed by atoms with Gasteiger partial charge in [0.2, 0.25) is 0 Å². The van der Waals surface area contributed by atoms with Crippen molar-refractivity contribution in [3.63, 3.8) is 0 Å². The van der Waals surface area contributed by atoms with Crippen LogP contribution in [0, 0.1) is 0 Å². The Hall–Kier alpha value is -0.550. The Morgan fingerprint density at radius 3 is 2.76 bits per heavy atom. The Labute approximate surface area is 114 Å². The monoisotopic (exact) mass is 284 g/mol. The van der Waals surface area contributed by atoms with Crippen LogP contribution in [0.3, 0.4) is 0 Å². The van der Waals surface area contributed by atoms with E-state index < -0.39 is 0 Å². The minimum atomic E-state index is 0.660. The Bertz CT molecular complexity index is 468. The van der Waals surface area contributed by atoms with Crippen molar-refractivity contribution in [1.29, 1.82) is 0 Å². The van der Waals surface area contributed by atoms with Gasteiger partial charge in [-0.05, 0) is 30.8 Å². The lowest BCUT2D eigenvalue weighted by Crippen LogP contribution is -2.02. The van der Waals surface area contributed by atoms with Gasteiger partial charge in [-0.1, -0.05) is 11.6 Å². The third kappa shape index (κ3) is 4.00. The topological polar surface area (TPSA) is 38.9 Å². The molecule has 0 aliphatic carbocycles. The maximum atomic E-state index is 5.84. The Morgan fingerprint density at radius 1 is 1.29 bits per heavy atom. The molecule has 17 heavy (non-hydrogen) atoms. The maximum Gasteiger partial charge on any atom is 0.103 e. The molecule has 2 rings (SSSR count). The third-order valence-corrected chi connectivity index (χ3v) is 4.53. The average molecular weight is 285 g/mol. The summed E-state index contributed by atoms with van der Waals surface area (Å²) in [6.07, 6.45) is 0.863. The van der Waals surface area contributed by atoms with Crippen LogP contribution in [0.4, 0.5) is 0 Å². The van der Waals surface area contributed by atoms with E-state index in [1.54, 1.807) is 23.1 Å². The predicted molar refractivity (Wildman–Crippen MR) is 75.9 cm³/mol. The van der Waals surface area contributed by atoms with Gasteiger partial charge in [-0.15, -0.1) is 23.1 Å². The summed E-state index contributed by atoms with van der Waals surface area (Å²) in [5.41, 5.74) is 6.60. The third-order valence-electron chi connectivity index (χ3n) is 2.18. The van der Waals surface area contributed by atoms with Crippen LogP contribution < -0.4 is 5.73 Å². The predicted octanol–water partition coefficient (Wildman–Crippen LogP) is 3.59. The highest BCUT2D eigenvalue weighted by atomic mass is 35.5. The molecule has 1 aromatic heterocycles. The van der Waals surface area contributed by atoms with E-state index in [2.05, 4.69) is 10.4 Å². The molecule has 1 heterocycles. The number of nitrogens with zero attached hydrogens (tertiary/aromatic N) is 1. The van der Waals surface area contributed by atoms with Gasteiger partial charge in [0.05, 0.1) is 11.4 Å². The SMILES string of the molecule is NCCc1csc(CSc2ccc(Cl)cc2)n1. The van der Waals surface area contributed by atoms with Gasteiger partial charge in [0.1, 0.15) is 5.01 Å². The number of hydrogen-bond acceptors (Lipinski definition) is 4. The normalized spacial score (nSPS) is 10.7. The lowest BCUT2D eigenvalue weighted by atomic mass is 10.3. The van der Waals surface area contributed by atoms with Crippen molar-refractivity contribution in [3.05, 3.63) is 45.4 Å². The van der Waals surface area contributed by atoms with Gasteiger partial charge in [0.25, 0.3) is 0 Å². The zero-order chi connectivity index (χ0) is 12.1. The van der Waals surface area contributed by atoms with Gasteiger partial charge in [-0.3, -0.25) is 0 Å². The molecule has 0 saturated heterocycles. The van der Waals surface area contributed by atoms with Crippen LogP contribution in [0.2, 0.25) is 5.02 Å². The Balaban J connectivity index is 1.90. The summed E-state index contributed by atoms with van der Waals surface area (Å²) in [5, 5.41) is 4.01. The summed E-state index contributed by atoms with van der Waals surface area (Å²) in [6, 6.07) is 7.87. The highest BCUT2D eigenvalue weighted by Crippen LogP contribution is 2.25. The van der Waals surface area contributed by atoms with Crippen molar-refractivity contribution < 1.29 is 0 Å². The van der Waals surface area contributed by atoms with Crippen LogP contribution in [0.5, 0.6) is 0 Å². The van der Waals surface area contributed by atoms with Gasteiger partial charge >= 0.3 is 0 Å². The lowest BCUT2D eigenvalue weighted by Gasteiger charge is -1.99. The molecule has 0 radical (unpaired) electrons. The first-order valence-electron chi connectivity index (χ1n) is 5.29. The number of thiazole rings is 1. The first kappa shape index (κ1) is 12.9. The molecule has 0 saturated carbocycles. The Kier molecular flexibility index (Phi) is 4.86. The first-order chi connectivity index (χ1) is 8.28. The van der Waals surface area contributed by atoms with E-state index >= 15 is 0 Å².